The number of pyridine rings is 1. The Morgan fingerprint density at radius 3 is 3.21 bits per heavy atom. The van der Waals surface area contributed by atoms with Gasteiger partial charge in [-0.2, -0.15) is 0 Å². The molecular formula is C13H16N4O2. The maximum absolute atomic E-state index is 12.1. The van der Waals surface area contributed by atoms with Crippen LogP contribution in [0.4, 0.5) is 5.69 Å². The van der Waals surface area contributed by atoms with E-state index in [1.165, 1.54) is 0 Å². The van der Waals surface area contributed by atoms with Gasteiger partial charge in [-0.25, -0.2) is 0 Å². The van der Waals surface area contributed by atoms with Crippen LogP contribution < -0.4 is 10.6 Å². The number of aromatic nitrogens is 1. The molecule has 3 rings (SSSR count). The number of rotatable bonds is 2. The van der Waals surface area contributed by atoms with Crippen molar-refractivity contribution in [1.82, 2.24) is 10.3 Å². The number of hydrogen-bond acceptors (Lipinski definition) is 5. The molecule has 19 heavy (non-hydrogen) atoms. The van der Waals surface area contributed by atoms with Crippen LogP contribution in [0.25, 0.3) is 0 Å². The quantitative estimate of drug-likeness (QED) is 0.826. The maximum Gasteiger partial charge on any atom is 0.273 e. The number of carbonyl (C=O) groups is 1. The van der Waals surface area contributed by atoms with Crippen LogP contribution in [0.15, 0.2) is 23.5 Å². The van der Waals surface area contributed by atoms with Crippen LogP contribution in [0.2, 0.25) is 0 Å². The first-order chi connectivity index (χ1) is 9.19. The third-order valence-electron chi connectivity index (χ3n) is 3.56. The molecule has 1 unspecified atom stereocenters. The Balaban J connectivity index is 1.67. The lowest BCUT2D eigenvalue weighted by molar-refractivity contribution is -0.110. The van der Waals surface area contributed by atoms with Crippen LogP contribution in [0.1, 0.15) is 18.5 Å². The Hall–Kier alpha value is -1.95. The van der Waals surface area contributed by atoms with Gasteiger partial charge in [0.05, 0.1) is 11.4 Å². The number of hydrogen-bond donors (Lipinski definition) is 2. The fraction of sp³-hybridized carbons (Fsp3) is 0.462. The normalized spacial score (nSPS) is 25.2. The molecule has 2 aliphatic rings. The first kappa shape index (κ1) is 12.1. The van der Waals surface area contributed by atoms with Crippen molar-refractivity contribution in [1.29, 1.82) is 0 Å². The second kappa shape index (κ2) is 4.62. The highest BCUT2D eigenvalue weighted by Gasteiger charge is 2.43. The van der Waals surface area contributed by atoms with Gasteiger partial charge in [-0.15, -0.1) is 0 Å². The number of nitrogens with one attached hydrogen (secondary N) is 2. The van der Waals surface area contributed by atoms with Crippen molar-refractivity contribution in [3.05, 3.63) is 24.0 Å². The molecule has 1 amide bonds. The van der Waals surface area contributed by atoms with Crippen molar-refractivity contribution >= 4 is 17.3 Å². The molecule has 0 saturated carbocycles. The molecule has 2 aliphatic heterocycles. The van der Waals surface area contributed by atoms with Crippen LogP contribution >= 0.6 is 0 Å². The summed E-state index contributed by atoms with van der Waals surface area (Å²) < 4.78 is 0. The molecule has 1 aromatic heterocycles. The van der Waals surface area contributed by atoms with E-state index in [1.807, 2.05) is 13.0 Å². The van der Waals surface area contributed by atoms with Gasteiger partial charge in [0.1, 0.15) is 5.71 Å². The van der Waals surface area contributed by atoms with Gasteiger partial charge in [-0.3, -0.25) is 9.78 Å². The van der Waals surface area contributed by atoms with Crippen molar-refractivity contribution in [2.75, 3.05) is 18.4 Å². The van der Waals surface area contributed by atoms with Gasteiger partial charge in [0.2, 0.25) is 0 Å². The third kappa shape index (κ3) is 2.31. The van der Waals surface area contributed by atoms with E-state index in [9.17, 15) is 4.79 Å². The zero-order valence-corrected chi connectivity index (χ0v) is 10.8. The minimum atomic E-state index is -0.309. The minimum Gasteiger partial charge on any atom is -0.387 e. The number of amides is 1. The van der Waals surface area contributed by atoms with Gasteiger partial charge in [0, 0.05) is 25.6 Å². The highest BCUT2D eigenvalue weighted by Crippen LogP contribution is 2.30. The van der Waals surface area contributed by atoms with Crippen LogP contribution in [-0.4, -0.2) is 35.3 Å². The highest BCUT2D eigenvalue weighted by atomic mass is 16.7. The number of oxime groups is 1. The summed E-state index contributed by atoms with van der Waals surface area (Å²) in [5, 5.41) is 10.0. The molecule has 6 nitrogen and oxygen atoms in total. The van der Waals surface area contributed by atoms with E-state index in [0.29, 0.717) is 17.8 Å². The van der Waals surface area contributed by atoms with Crippen molar-refractivity contribution in [3.63, 3.8) is 0 Å². The number of carbonyl (C=O) groups excluding carboxylic acids is 1. The van der Waals surface area contributed by atoms with Gasteiger partial charge in [-0.05, 0) is 25.6 Å². The SMILES string of the molecule is Cc1ncccc1NC(=O)C1=NOC2(CCNC2)C1. The molecule has 0 bridgehead atoms. The first-order valence-electron chi connectivity index (χ1n) is 6.37. The number of aryl methyl sites for hydroxylation is 1. The Morgan fingerprint density at radius 1 is 1.58 bits per heavy atom. The largest absolute Gasteiger partial charge is 0.387 e. The van der Waals surface area contributed by atoms with Gasteiger partial charge in [-0.1, -0.05) is 5.16 Å². The molecule has 1 fully saturated rings. The topological polar surface area (TPSA) is 75.6 Å². The molecule has 1 aromatic rings. The Kier molecular flexibility index (Phi) is 2.94. The molecule has 1 spiro atoms. The fourth-order valence-electron chi connectivity index (χ4n) is 2.40. The van der Waals surface area contributed by atoms with Gasteiger partial charge in [0.25, 0.3) is 5.91 Å². The fourth-order valence-corrected chi connectivity index (χ4v) is 2.40. The van der Waals surface area contributed by atoms with E-state index in [-0.39, 0.29) is 11.5 Å². The molecule has 6 heteroatoms. The molecular weight excluding hydrogens is 244 g/mol. The zero-order valence-electron chi connectivity index (χ0n) is 10.8. The molecule has 0 radical (unpaired) electrons. The zero-order chi connectivity index (χ0) is 13.3. The van der Waals surface area contributed by atoms with E-state index in [2.05, 4.69) is 20.8 Å². The predicted octanol–water partition coefficient (Wildman–Crippen LogP) is 0.837. The molecule has 0 aliphatic carbocycles. The smallest absolute Gasteiger partial charge is 0.273 e. The maximum atomic E-state index is 12.1. The average molecular weight is 260 g/mol. The van der Waals surface area contributed by atoms with Crippen LogP contribution in [-0.2, 0) is 9.63 Å². The van der Waals surface area contributed by atoms with Gasteiger partial charge >= 0.3 is 0 Å². The first-order valence-corrected chi connectivity index (χ1v) is 6.37. The summed E-state index contributed by atoms with van der Waals surface area (Å²) in [4.78, 5) is 21.7. The summed E-state index contributed by atoms with van der Waals surface area (Å²) in [6.07, 6.45) is 3.14. The molecule has 2 N–H and O–H groups in total. The Bertz CT molecular complexity index is 535. The summed E-state index contributed by atoms with van der Waals surface area (Å²) in [5.41, 5.74) is 1.64. The number of nitrogens with zero attached hydrogens (tertiary/aromatic N) is 2. The summed E-state index contributed by atoms with van der Waals surface area (Å²) in [5.74, 6) is -0.208. The summed E-state index contributed by atoms with van der Waals surface area (Å²) in [7, 11) is 0. The molecule has 1 atom stereocenters. The van der Waals surface area contributed by atoms with Crippen LogP contribution in [0.5, 0.6) is 0 Å². The second-order valence-corrected chi connectivity index (χ2v) is 5.01. The summed E-state index contributed by atoms with van der Waals surface area (Å²) in [6.45, 7) is 3.51. The third-order valence-corrected chi connectivity index (χ3v) is 3.56. The molecule has 100 valence electrons. The van der Waals surface area contributed by atoms with Crippen LogP contribution in [0, 0.1) is 6.92 Å². The van der Waals surface area contributed by atoms with Gasteiger partial charge < -0.3 is 15.5 Å². The monoisotopic (exact) mass is 260 g/mol. The van der Waals surface area contributed by atoms with Crippen molar-refractivity contribution < 1.29 is 9.63 Å². The lowest BCUT2D eigenvalue weighted by Gasteiger charge is -2.18. The Morgan fingerprint density at radius 2 is 2.47 bits per heavy atom. The van der Waals surface area contributed by atoms with Crippen molar-refractivity contribution in [2.45, 2.75) is 25.4 Å². The van der Waals surface area contributed by atoms with Crippen molar-refractivity contribution in [3.8, 4) is 0 Å². The lowest BCUT2D eigenvalue weighted by Crippen LogP contribution is -2.33. The average Bonchev–Trinajstić information content (AvgIpc) is 3.03. The highest BCUT2D eigenvalue weighted by molar-refractivity contribution is 6.43. The van der Waals surface area contributed by atoms with E-state index >= 15 is 0 Å². The molecule has 1 saturated heterocycles. The summed E-state index contributed by atoms with van der Waals surface area (Å²) in [6, 6.07) is 3.61. The molecule has 0 aromatic carbocycles. The van der Waals surface area contributed by atoms with Gasteiger partial charge in [0.15, 0.2) is 5.60 Å². The minimum absolute atomic E-state index is 0.208. The standard InChI is InChI=1S/C13H16N4O2/c1-9-10(3-2-5-15-9)16-12(18)11-7-13(19-17-11)4-6-14-8-13/h2-3,5,14H,4,6-8H2,1H3,(H,16,18). The van der Waals surface area contributed by atoms with E-state index in [0.717, 1.165) is 25.2 Å². The second-order valence-electron chi connectivity index (χ2n) is 5.01. The van der Waals surface area contributed by atoms with E-state index in [4.69, 9.17) is 4.84 Å². The van der Waals surface area contributed by atoms with Crippen molar-refractivity contribution in [2.24, 2.45) is 5.16 Å². The van der Waals surface area contributed by atoms with E-state index in [1.54, 1.807) is 12.3 Å². The summed E-state index contributed by atoms with van der Waals surface area (Å²) >= 11 is 0. The molecule has 3 heterocycles. The number of anilines is 1. The van der Waals surface area contributed by atoms with E-state index < -0.39 is 0 Å². The Labute approximate surface area is 111 Å². The van der Waals surface area contributed by atoms with Crippen LogP contribution in [0.3, 0.4) is 0 Å². The predicted molar refractivity (Wildman–Crippen MR) is 71.0 cm³/mol. The lowest BCUT2D eigenvalue weighted by atomic mass is 9.96.